The molecule has 24 heavy (non-hydrogen) atoms. The van der Waals surface area contributed by atoms with Crippen molar-refractivity contribution in [2.75, 3.05) is 0 Å². The fourth-order valence-corrected chi connectivity index (χ4v) is 6.65. The van der Waals surface area contributed by atoms with E-state index in [0.29, 0.717) is 12.0 Å². The van der Waals surface area contributed by atoms with Crippen molar-refractivity contribution in [1.29, 1.82) is 0 Å². The molecule has 3 saturated carbocycles. The van der Waals surface area contributed by atoms with E-state index in [1.807, 2.05) is 19.9 Å². The number of allylic oxidation sites excluding steroid dienone is 2. The van der Waals surface area contributed by atoms with Crippen LogP contribution >= 0.6 is 0 Å². The third-order valence-corrected chi connectivity index (χ3v) is 7.96. The van der Waals surface area contributed by atoms with Gasteiger partial charge in [-0.15, -0.1) is 0 Å². The highest BCUT2D eigenvalue weighted by molar-refractivity contribution is 6.04. The minimum absolute atomic E-state index is 0.0430. The second-order valence-corrected chi connectivity index (χ2v) is 9.06. The van der Waals surface area contributed by atoms with Crippen molar-refractivity contribution in [3.63, 3.8) is 0 Å². The molecule has 4 aliphatic rings. The van der Waals surface area contributed by atoms with Crippen LogP contribution in [0, 0.1) is 34.0 Å². The van der Waals surface area contributed by atoms with Gasteiger partial charge in [0.05, 0.1) is 17.6 Å². The lowest BCUT2D eigenvalue weighted by Crippen LogP contribution is -2.67. The van der Waals surface area contributed by atoms with Crippen LogP contribution in [0.15, 0.2) is 24.3 Å². The normalized spacial score (nSPS) is 52.2. The Morgan fingerprint density at radius 3 is 2.46 bits per heavy atom. The van der Waals surface area contributed by atoms with E-state index < -0.39 is 23.0 Å². The van der Waals surface area contributed by atoms with Crippen LogP contribution in [0.4, 0.5) is 0 Å². The first-order valence-corrected chi connectivity index (χ1v) is 8.93. The van der Waals surface area contributed by atoms with Gasteiger partial charge in [-0.25, -0.2) is 0 Å². The van der Waals surface area contributed by atoms with Crippen molar-refractivity contribution in [3.8, 4) is 0 Å². The molecule has 3 unspecified atom stereocenters. The monoisotopic (exact) mass is 330 g/mol. The Morgan fingerprint density at radius 1 is 1.12 bits per heavy atom. The van der Waals surface area contributed by atoms with E-state index in [1.165, 1.54) is 0 Å². The van der Waals surface area contributed by atoms with Crippen molar-refractivity contribution in [2.45, 2.75) is 52.2 Å². The van der Waals surface area contributed by atoms with Crippen molar-refractivity contribution >= 4 is 11.6 Å². The van der Waals surface area contributed by atoms with Gasteiger partial charge in [-0.3, -0.25) is 9.59 Å². The molecule has 0 aromatic heterocycles. The molecule has 0 aromatic rings. The summed E-state index contributed by atoms with van der Waals surface area (Å²) in [5, 5.41) is 22.0. The Hall–Kier alpha value is -1.26. The van der Waals surface area contributed by atoms with E-state index >= 15 is 0 Å². The summed E-state index contributed by atoms with van der Waals surface area (Å²) in [5.74, 6) is -0.521. The number of rotatable bonds is 0. The van der Waals surface area contributed by atoms with E-state index in [-0.39, 0.29) is 34.7 Å². The lowest BCUT2D eigenvalue weighted by Gasteiger charge is -2.62. The Morgan fingerprint density at radius 2 is 1.79 bits per heavy atom. The maximum atomic E-state index is 13.1. The quantitative estimate of drug-likeness (QED) is 0.667. The summed E-state index contributed by atoms with van der Waals surface area (Å²) in [7, 11) is 0. The van der Waals surface area contributed by atoms with E-state index in [4.69, 9.17) is 0 Å². The molecule has 2 bridgehead atoms. The molecule has 4 rings (SSSR count). The zero-order valence-electron chi connectivity index (χ0n) is 14.6. The van der Waals surface area contributed by atoms with Gasteiger partial charge in [0.15, 0.2) is 11.6 Å². The van der Waals surface area contributed by atoms with Crippen LogP contribution < -0.4 is 0 Å². The van der Waals surface area contributed by atoms with Crippen molar-refractivity contribution in [3.05, 3.63) is 24.3 Å². The summed E-state index contributed by atoms with van der Waals surface area (Å²) in [6.07, 6.45) is 3.65. The molecule has 0 aromatic carbocycles. The van der Waals surface area contributed by atoms with Crippen LogP contribution in [0.1, 0.15) is 40.0 Å². The number of fused-ring (bicyclic) bond motifs is 3. The van der Waals surface area contributed by atoms with E-state index in [0.717, 1.165) is 12.8 Å². The minimum Gasteiger partial charge on any atom is -0.392 e. The molecule has 1 spiro atoms. The lowest BCUT2D eigenvalue weighted by molar-refractivity contribution is -0.205. The zero-order chi connectivity index (χ0) is 17.7. The van der Waals surface area contributed by atoms with Gasteiger partial charge in [-0.1, -0.05) is 33.4 Å². The highest BCUT2D eigenvalue weighted by Gasteiger charge is 2.73. The van der Waals surface area contributed by atoms with E-state index in [2.05, 4.69) is 13.5 Å². The minimum atomic E-state index is -1.15. The molecule has 0 saturated heterocycles. The van der Waals surface area contributed by atoms with Crippen LogP contribution in [-0.4, -0.2) is 34.0 Å². The average molecular weight is 330 g/mol. The molecule has 0 amide bonds. The van der Waals surface area contributed by atoms with Crippen LogP contribution in [0.3, 0.4) is 0 Å². The molecule has 4 nitrogen and oxygen atoms in total. The Kier molecular flexibility index (Phi) is 3.02. The van der Waals surface area contributed by atoms with Gasteiger partial charge in [0.25, 0.3) is 0 Å². The topological polar surface area (TPSA) is 74.6 Å². The molecular weight excluding hydrogens is 304 g/mol. The third-order valence-electron chi connectivity index (χ3n) is 7.96. The van der Waals surface area contributed by atoms with Crippen LogP contribution in [0.5, 0.6) is 0 Å². The number of carbonyl (C=O) groups excluding carboxylic acids is 2. The number of Topliss-reactive ketones (excluding diaryl/α,β-unsaturated/α-hetero) is 1. The molecule has 7 atom stereocenters. The van der Waals surface area contributed by atoms with Crippen LogP contribution in [0.2, 0.25) is 0 Å². The van der Waals surface area contributed by atoms with Gasteiger partial charge in [0, 0.05) is 11.3 Å². The number of aliphatic hydroxyl groups is 2. The Balaban J connectivity index is 1.93. The molecule has 4 aliphatic carbocycles. The maximum absolute atomic E-state index is 13.1. The first-order valence-electron chi connectivity index (χ1n) is 8.93. The molecule has 4 heteroatoms. The summed E-state index contributed by atoms with van der Waals surface area (Å²) in [6.45, 7) is 9.89. The zero-order valence-corrected chi connectivity index (χ0v) is 14.6. The van der Waals surface area contributed by atoms with Gasteiger partial charge < -0.3 is 10.2 Å². The number of aliphatic hydroxyl groups excluding tert-OH is 2. The highest BCUT2D eigenvalue weighted by Crippen LogP contribution is 2.69. The second kappa shape index (κ2) is 4.47. The summed E-state index contributed by atoms with van der Waals surface area (Å²) in [4.78, 5) is 25.5. The van der Waals surface area contributed by atoms with E-state index in [9.17, 15) is 19.8 Å². The summed E-state index contributed by atoms with van der Waals surface area (Å²) in [6, 6.07) is 0. The van der Waals surface area contributed by atoms with Crippen molar-refractivity contribution in [2.24, 2.45) is 34.0 Å². The predicted octanol–water partition coefficient (Wildman–Crippen LogP) is 2.05. The van der Waals surface area contributed by atoms with Gasteiger partial charge in [-0.05, 0) is 48.2 Å². The summed E-state index contributed by atoms with van der Waals surface area (Å²) >= 11 is 0. The molecule has 3 fully saturated rings. The highest BCUT2D eigenvalue weighted by atomic mass is 16.3. The lowest BCUT2D eigenvalue weighted by atomic mass is 9.41. The number of carbonyl (C=O) groups is 2. The maximum Gasteiger partial charge on any atom is 0.170 e. The predicted molar refractivity (Wildman–Crippen MR) is 88.9 cm³/mol. The van der Waals surface area contributed by atoms with Gasteiger partial charge in [0.1, 0.15) is 0 Å². The molecule has 0 radical (unpaired) electrons. The smallest absolute Gasteiger partial charge is 0.170 e. The van der Waals surface area contributed by atoms with Crippen LogP contribution in [-0.2, 0) is 9.59 Å². The standard InChI is InChI=1S/C20H26O4/c1-10-11-5-6-12-19(4)8-7-14(21)18(2,3)13(19)9-15(22)20(12,16(10)23)17(11)24/h7-8,11-13,15,17,22,24H,1,5-6,9H2,2-4H3/t11?,12-,13+,15?,17?,19-,20-/m0/s1. The fraction of sp³-hybridized carbons (Fsp3) is 0.700. The first kappa shape index (κ1) is 16.2. The second-order valence-electron chi connectivity index (χ2n) is 9.06. The number of hydrogen-bond donors (Lipinski definition) is 2. The Labute approximate surface area is 142 Å². The van der Waals surface area contributed by atoms with Crippen LogP contribution in [0.25, 0.3) is 0 Å². The number of ketones is 2. The fourth-order valence-electron chi connectivity index (χ4n) is 6.65. The summed E-state index contributed by atoms with van der Waals surface area (Å²) in [5.41, 5.74) is -1.64. The average Bonchev–Trinajstić information content (AvgIpc) is 2.64. The molecule has 0 heterocycles. The van der Waals surface area contributed by atoms with Gasteiger partial charge in [0.2, 0.25) is 0 Å². The first-order chi connectivity index (χ1) is 11.1. The van der Waals surface area contributed by atoms with Crippen molar-refractivity contribution in [1.82, 2.24) is 0 Å². The molecule has 0 aliphatic heterocycles. The Bertz CT molecular complexity index is 690. The van der Waals surface area contributed by atoms with E-state index in [1.54, 1.807) is 6.08 Å². The van der Waals surface area contributed by atoms with Gasteiger partial charge >= 0.3 is 0 Å². The molecular formula is C20H26O4. The van der Waals surface area contributed by atoms with Gasteiger partial charge in [-0.2, -0.15) is 0 Å². The number of hydrogen-bond acceptors (Lipinski definition) is 4. The molecule has 130 valence electrons. The third kappa shape index (κ3) is 1.49. The van der Waals surface area contributed by atoms with Crippen molar-refractivity contribution < 1.29 is 19.8 Å². The summed E-state index contributed by atoms with van der Waals surface area (Å²) < 4.78 is 0. The molecule has 2 N–H and O–H groups in total. The largest absolute Gasteiger partial charge is 0.392 e. The SMILES string of the molecule is C=C1C(=O)[C@@]23C(O)C[C@@H]4C(C)(C)C(=O)C=C[C@@]4(C)[C@@H]2CCC1C3O.